The zero-order valence-corrected chi connectivity index (χ0v) is 13.7. The van der Waals surface area contributed by atoms with Crippen molar-refractivity contribution >= 4 is 20.9 Å². The van der Waals surface area contributed by atoms with Gasteiger partial charge in [0.15, 0.2) is 0 Å². The summed E-state index contributed by atoms with van der Waals surface area (Å²) in [6.45, 7) is 1.89. The summed E-state index contributed by atoms with van der Waals surface area (Å²) < 4.78 is 42.1. The number of fused-ring (bicyclic) bond motifs is 1. The van der Waals surface area contributed by atoms with E-state index in [1.807, 2.05) is 31.2 Å². The Labute approximate surface area is 132 Å². The van der Waals surface area contributed by atoms with Crippen molar-refractivity contribution in [2.24, 2.45) is 0 Å². The Morgan fingerprint density at radius 2 is 1.77 bits per heavy atom. The van der Waals surface area contributed by atoms with Crippen LogP contribution in [0.3, 0.4) is 0 Å². The van der Waals surface area contributed by atoms with Gasteiger partial charge in [-0.05, 0) is 30.7 Å². The molecule has 1 heterocycles. The summed E-state index contributed by atoms with van der Waals surface area (Å²) in [6.07, 6.45) is -0.144. The van der Waals surface area contributed by atoms with Gasteiger partial charge in [0.05, 0.1) is 27.6 Å². The smallest absolute Gasteiger partial charge is 0.262 e. The maximum atomic E-state index is 12.3. The van der Waals surface area contributed by atoms with Gasteiger partial charge in [0.1, 0.15) is 0 Å². The van der Waals surface area contributed by atoms with Crippen molar-refractivity contribution < 1.29 is 16.8 Å². The highest BCUT2D eigenvalue weighted by Crippen LogP contribution is 2.26. The van der Waals surface area contributed by atoms with Gasteiger partial charge in [-0.25, -0.2) is 0 Å². The first-order valence-electron chi connectivity index (χ1n) is 6.92. The van der Waals surface area contributed by atoms with Crippen LogP contribution in [0, 0.1) is 6.92 Å². The van der Waals surface area contributed by atoms with E-state index >= 15 is 0 Å². The molecular weight excluding hydrogens is 320 g/mol. The zero-order chi connectivity index (χ0) is 15.7. The molecule has 0 bridgehead atoms. The molecule has 22 heavy (non-hydrogen) atoms. The van der Waals surface area contributed by atoms with Crippen molar-refractivity contribution in [3.8, 4) is 0 Å². The first-order valence-corrected chi connectivity index (χ1v) is 9.65. The van der Waals surface area contributed by atoms with Crippen molar-refractivity contribution in [2.45, 2.75) is 29.2 Å². The molecule has 2 atom stereocenters. The largest absolute Gasteiger partial charge is 0.297 e. The second kappa shape index (κ2) is 5.95. The van der Waals surface area contributed by atoms with E-state index in [4.69, 9.17) is 4.18 Å². The van der Waals surface area contributed by atoms with E-state index in [0.717, 1.165) is 16.0 Å². The van der Waals surface area contributed by atoms with Gasteiger partial charge in [-0.2, -0.15) is 8.42 Å². The number of aryl methyl sites for hydroxylation is 1. The molecule has 0 amide bonds. The van der Waals surface area contributed by atoms with E-state index in [2.05, 4.69) is 0 Å². The van der Waals surface area contributed by atoms with E-state index in [-0.39, 0.29) is 10.6 Å². The van der Waals surface area contributed by atoms with Gasteiger partial charge in [-0.1, -0.05) is 35.9 Å². The summed E-state index contributed by atoms with van der Waals surface area (Å²) in [7, 11) is -5.07. The van der Waals surface area contributed by atoms with Crippen molar-refractivity contribution in [1.82, 2.24) is 0 Å². The first-order chi connectivity index (χ1) is 10.5. The van der Waals surface area contributed by atoms with Crippen LogP contribution in [0.25, 0.3) is 0 Å². The fourth-order valence-electron chi connectivity index (χ4n) is 2.46. The van der Waals surface area contributed by atoms with Gasteiger partial charge in [0, 0.05) is 11.3 Å². The van der Waals surface area contributed by atoms with E-state index in [0.29, 0.717) is 6.42 Å². The van der Waals surface area contributed by atoms with Crippen molar-refractivity contribution in [3.05, 3.63) is 59.7 Å². The lowest BCUT2D eigenvalue weighted by Crippen LogP contribution is -2.31. The molecule has 1 aliphatic heterocycles. The standard InChI is InChI=1S/C16H16O4S2/c1-12-6-8-15(9-7-12)22(18,19)20-14-10-13-4-2-3-5-16(13)21(17)11-14/h2-9,14H,10-11H2,1H3. The molecule has 1 aliphatic rings. The number of rotatable bonds is 3. The molecule has 4 nitrogen and oxygen atoms in total. The Bertz CT molecular complexity index is 810. The highest BCUT2D eigenvalue weighted by atomic mass is 32.2. The summed E-state index contributed by atoms with van der Waals surface area (Å²) in [5.41, 5.74) is 1.86. The van der Waals surface area contributed by atoms with Gasteiger partial charge in [-0.3, -0.25) is 8.39 Å². The van der Waals surface area contributed by atoms with Crippen LogP contribution in [-0.2, 0) is 31.5 Å². The first kappa shape index (κ1) is 15.4. The maximum Gasteiger partial charge on any atom is 0.297 e. The molecule has 6 heteroatoms. The van der Waals surface area contributed by atoms with Crippen LogP contribution >= 0.6 is 0 Å². The Morgan fingerprint density at radius 3 is 2.50 bits per heavy atom. The van der Waals surface area contributed by atoms with Crippen LogP contribution in [0.1, 0.15) is 11.1 Å². The predicted octanol–water partition coefficient (Wildman–Crippen LogP) is 2.43. The molecule has 0 radical (unpaired) electrons. The average Bonchev–Trinajstić information content (AvgIpc) is 2.47. The molecule has 0 aromatic heterocycles. The Kier molecular flexibility index (Phi) is 4.16. The van der Waals surface area contributed by atoms with Crippen molar-refractivity contribution in [1.29, 1.82) is 0 Å². The molecule has 0 saturated heterocycles. The van der Waals surface area contributed by atoms with Crippen LogP contribution in [0.4, 0.5) is 0 Å². The molecule has 2 aromatic carbocycles. The predicted molar refractivity (Wildman–Crippen MR) is 84.7 cm³/mol. The Morgan fingerprint density at radius 1 is 1.09 bits per heavy atom. The van der Waals surface area contributed by atoms with Crippen molar-refractivity contribution in [2.75, 3.05) is 5.75 Å². The molecule has 2 aromatic rings. The molecule has 0 fully saturated rings. The third-order valence-corrected chi connectivity index (χ3v) is 6.51. The van der Waals surface area contributed by atoms with Crippen molar-refractivity contribution in [3.63, 3.8) is 0 Å². The second-order valence-electron chi connectivity index (χ2n) is 5.31. The second-order valence-corrected chi connectivity index (χ2v) is 8.35. The molecule has 0 N–H and O–H groups in total. The van der Waals surface area contributed by atoms with Gasteiger partial charge < -0.3 is 0 Å². The number of hydrogen-bond donors (Lipinski definition) is 0. The molecule has 3 rings (SSSR count). The van der Waals surface area contributed by atoms with E-state index in [1.54, 1.807) is 12.1 Å². The minimum absolute atomic E-state index is 0.128. The van der Waals surface area contributed by atoms with E-state index in [1.165, 1.54) is 12.1 Å². The minimum Gasteiger partial charge on any atom is -0.262 e. The topological polar surface area (TPSA) is 60.4 Å². The normalized spacial score (nSPS) is 21.3. The van der Waals surface area contributed by atoms with Gasteiger partial charge in [0.25, 0.3) is 10.1 Å². The highest BCUT2D eigenvalue weighted by molar-refractivity contribution is 7.87. The molecule has 2 unspecified atom stereocenters. The minimum atomic E-state index is -3.84. The lowest BCUT2D eigenvalue weighted by molar-refractivity contribution is 0.229. The average molecular weight is 336 g/mol. The summed E-state index contributed by atoms with van der Waals surface area (Å²) in [6, 6.07) is 13.9. The summed E-state index contributed by atoms with van der Waals surface area (Å²) in [5, 5.41) is 0. The third-order valence-electron chi connectivity index (χ3n) is 3.58. The monoisotopic (exact) mass is 336 g/mol. The maximum absolute atomic E-state index is 12.3. The number of benzene rings is 2. The molecule has 116 valence electrons. The highest BCUT2D eigenvalue weighted by Gasteiger charge is 2.29. The van der Waals surface area contributed by atoms with E-state index in [9.17, 15) is 12.6 Å². The van der Waals surface area contributed by atoms with Gasteiger partial charge in [0.2, 0.25) is 0 Å². The lowest BCUT2D eigenvalue weighted by atomic mass is 10.1. The number of hydrogen-bond acceptors (Lipinski definition) is 4. The quantitative estimate of drug-likeness (QED) is 0.808. The molecule has 0 saturated carbocycles. The molecule has 0 spiro atoms. The van der Waals surface area contributed by atoms with Crippen LogP contribution in [0.15, 0.2) is 58.3 Å². The lowest BCUT2D eigenvalue weighted by Gasteiger charge is -2.23. The molecular formula is C16H16O4S2. The van der Waals surface area contributed by atoms with Crippen LogP contribution in [-0.4, -0.2) is 24.5 Å². The summed E-state index contributed by atoms with van der Waals surface area (Å²) >= 11 is 0. The van der Waals surface area contributed by atoms with Gasteiger partial charge in [-0.15, -0.1) is 0 Å². The molecule has 0 aliphatic carbocycles. The van der Waals surface area contributed by atoms with Crippen LogP contribution in [0.2, 0.25) is 0 Å². The Balaban J connectivity index is 1.82. The van der Waals surface area contributed by atoms with Crippen LogP contribution in [0.5, 0.6) is 0 Å². The SMILES string of the molecule is Cc1ccc(S(=O)(=O)OC2Cc3ccccc3S(=O)C2)cc1. The fraction of sp³-hybridized carbons (Fsp3) is 0.250. The Hall–Kier alpha value is -1.50. The fourth-order valence-corrected chi connectivity index (χ4v) is 5.00. The third kappa shape index (κ3) is 3.14. The summed E-state index contributed by atoms with van der Waals surface area (Å²) in [4.78, 5) is 0.901. The van der Waals surface area contributed by atoms with E-state index < -0.39 is 27.0 Å². The zero-order valence-electron chi connectivity index (χ0n) is 12.1. The van der Waals surface area contributed by atoms with Crippen LogP contribution < -0.4 is 0 Å². The van der Waals surface area contributed by atoms with Gasteiger partial charge >= 0.3 is 0 Å². The summed E-state index contributed by atoms with van der Waals surface area (Å²) in [5.74, 6) is 0.197.